The van der Waals surface area contributed by atoms with E-state index in [1.807, 2.05) is 61.7 Å². The van der Waals surface area contributed by atoms with E-state index in [-0.39, 0.29) is 18.0 Å². The number of rotatable bonds is 6. The predicted octanol–water partition coefficient (Wildman–Crippen LogP) is 4.99. The van der Waals surface area contributed by atoms with Crippen LogP contribution in [0, 0.1) is 5.92 Å². The van der Waals surface area contributed by atoms with E-state index >= 15 is 0 Å². The fourth-order valence-corrected chi connectivity index (χ4v) is 4.12. The lowest BCUT2D eigenvalue weighted by Crippen LogP contribution is -2.26. The van der Waals surface area contributed by atoms with Crippen LogP contribution in [0.1, 0.15) is 13.8 Å². The van der Waals surface area contributed by atoms with Gasteiger partial charge in [0.2, 0.25) is 0 Å². The van der Waals surface area contributed by atoms with Crippen LogP contribution >= 0.6 is 11.3 Å². The van der Waals surface area contributed by atoms with Crippen LogP contribution < -0.4 is 5.56 Å². The quantitative estimate of drug-likeness (QED) is 0.414. The van der Waals surface area contributed by atoms with E-state index < -0.39 is 5.97 Å². The molecule has 0 saturated heterocycles. The van der Waals surface area contributed by atoms with Crippen molar-refractivity contribution in [3.63, 3.8) is 0 Å². The molecule has 0 saturated carbocycles. The molecule has 0 aliphatic rings. The molecular weight excluding hydrogens is 396 g/mol. The molecular formula is C24H22N2O3S. The van der Waals surface area contributed by atoms with Crippen LogP contribution in [0.15, 0.2) is 71.1 Å². The Kier molecular flexibility index (Phi) is 5.77. The highest BCUT2D eigenvalue weighted by Crippen LogP contribution is 2.32. The zero-order valence-electron chi connectivity index (χ0n) is 16.9. The average Bonchev–Trinajstić information content (AvgIpc) is 3.20. The molecule has 0 spiro atoms. The van der Waals surface area contributed by atoms with Crippen LogP contribution in [0.2, 0.25) is 0 Å². The van der Waals surface area contributed by atoms with E-state index in [2.05, 4.69) is 17.1 Å². The molecule has 5 nitrogen and oxygen atoms in total. The van der Waals surface area contributed by atoms with Gasteiger partial charge >= 0.3 is 5.97 Å². The number of hydrogen-bond acceptors (Lipinski definition) is 5. The van der Waals surface area contributed by atoms with Crippen molar-refractivity contribution in [1.29, 1.82) is 0 Å². The van der Waals surface area contributed by atoms with Crippen molar-refractivity contribution in [3.05, 3.63) is 76.7 Å². The topological polar surface area (TPSA) is 61.2 Å². The van der Waals surface area contributed by atoms with Crippen molar-refractivity contribution in [2.45, 2.75) is 20.4 Å². The third-order valence-electron chi connectivity index (χ3n) is 4.74. The van der Waals surface area contributed by atoms with Gasteiger partial charge in [0.15, 0.2) is 0 Å². The van der Waals surface area contributed by atoms with Crippen molar-refractivity contribution in [1.82, 2.24) is 9.55 Å². The molecule has 0 aliphatic carbocycles. The molecule has 0 atom stereocenters. The summed E-state index contributed by atoms with van der Waals surface area (Å²) in [5.41, 5.74) is 3.80. The number of benzene rings is 2. The summed E-state index contributed by atoms with van der Waals surface area (Å²) in [6.07, 6.45) is 1.42. The molecule has 4 aromatic rings. The second-order valence-electron chi connectivity index (χ2n) is 7.53. The van der Waals surface area contributed by atoms with E-state index in [0.29, 0.717) is 16.8 Å². The third kappa shape index (κ3) is 4.19. The van der Waals surface area contributed by atoms with E-state index in [1.165, 1.54) is 22.2 Å². The predicted molar refractivity (Wildman–Crippen MR) is 121 cm³/mol. The maximum Gasteiger partial charge on any atom is 0.326 e. The van der Waals surface area contributed by atoms with Crippen LogP contribution in [0.3, 0.4) is 0 Å². The minimum Gasteiger partial charge on any atom is -0.464 e. The van der Waals surface area contributed by atoms with Crippen LogP contribution in [-0.2, 0) is 16.1 Å². The molecule has 0 radical (unpaired) electrons. The lowest BCUT2D eigenvalue weighted by molar-refractivity contribution is -0.145. The average molecular weight is 419 g/mol. The fourth-order valence-electron chi connectivity index (χ4n) is 3.21. The Morgan fingerprint density at radius 2 is 1.70 bits per heavy atom. The molecule has 0 bridgehead atoms. The summed E-state index contributed by atoms with van der Waals surface area (Å²) in [5.74, 6) is -0.190. The van der Waals surface area contributed by atoms with Crippen LogP contribution in [0.5, 0.6) is 0 Å². The van der Waals surface area contributed by atoms with Gasteiger partial charge in [0.1, 0.15) is 11.4 Å². The van der Waals surface area contributed by atoms with Crippen molar-refractivity contribution in [2.24, 2.45) is 5.92 Å². The van der Waals surface area contributed by atoms with Gasteiger partial charge in [-0.15, -0.1) is 11.3 Å². The van der Waals surface area contributed by atoms with Gasteiger partial charge < -0.3 is 4.74 Å². The number of carbonyl (C=O) groups excluding carboxylic acids is 1. The van der Waals surface area contributed by atoms with Crippen molar-refractivity contribution in [3.8, 4) is 22.3 Å². The van der Waals surface area contributed by atoms with Crippen LogP contribution in [-0.4, -0.2) is 22.1 Å². The fraction of sp³-hybridized carbons (Fsp3) is 0.208. The third-order valence-corrected chi connectivity index (χ3v) is 5.63. The first-order valence-corrected chi connectivity index (χ1v) is 10.7. The molecule has 0 N–H and O–H groups in total. The summed E-state index contributed by atoms with van der Waals surface area (Å²) < 4.78 is 6.52. The molecule has 0 fully saturated rings. The molecule has 152 valence electrons. The van der Waals surface area contributed by atoms with Gasteiger partial charge in [0.25, 0.3) is 5.56 Å². The summed E-state index contributed by atoms with van der Waals surface area (Å²) in [4.78, 5) is 30.2. The highest BCUT2D eigenvalue weighted by atomic mass is 32.1. The van der Waals surface area contributed by atoms with E-state index in [0.717, 1.165) is 22.3 Å². The molecule has 2 heterocycles. The Morgan fingerprint density at radius 3 is 2.40 bits per heavy atom. The summed E-state index contributed by atoms with van der Waals surface area (Å²) in [7, 11) is 0. The number of fused-ring (bicyclic) bond motifs is 1. The zero-order chi connectivity index (χ0) is 21.1. The van der Waals surface area contributed by atoms with E-state index in [9.17, 15) is 9.59 Å². The SMILES string of the molecule is CC(C)COC(=O)Cn1cnc2scc(-c3ccc(-c4ccccc4)cc3)c2c1=O. The first kappa shape index (κ1) is 20.0. The Bertz CT molecular complexity index is 1230. The molecule has 2 aromatic heterocycles. The molecule has 6 heteroatoms. The van der Waals surface area contributed by atoms with Gasteiger partial charge in [-0.05, 0) is 22.6 Å². The molecule has 0 aliphatic heterocycles. The second-order valence-corrected chi connectivity index (χ2v) is 8.39. The summed E-state index contributed by atoms with van der Waals surface area (Å²) in [6.45, 7) is 4.12. The lowest BCUT2D eigenvalue weighted by atomic mass is 10.0. The number of ether oxygens (including phenoxy) is 1. The highest BCUT2D eigenvalue weighted by molar-refractivity contribution is 7.17. The standard InChI is InChI=1S/C24H22N2O3S/c1-16(2)13-29-21(27)12-26-15-25-23-22(24(26)28)20(14-30-23)19-10-8-18(9-11-19)17-6-4-3-5-7-17/h3-11,14-16H,12-13H2,1-2H3. The monoisotopic (exact) mass is 418 g/mol. The molecule has 0 amide bonds. The van der Waals surface area contributed by atoms with Crippen LogP contribution in [0.4, 0.5) is 0 Å². The second kappa shape index (κ2) is 8.63. The largest absolute Gasteiger partial charge is 0.464 e. The normalized spacial score (nSPS) is 11.2. The van der Waals surface area contributed by atoms with Crippen molar-refractivity contribution >= 4 is 27.5 Å². The Hall–Kier alpha value is -3.25. The van der Waals surface area contributed by atoms with E-state index in [1.54, 1.807) is 0 Å². The highest BCUT2D eigenvalue weighted by Gasteiger charge is 2.15. The minimum atomic E-state index is -0.434. The van der Waals surface area contributed by atoms with Gasteiger partial charge in [-0.3, -0.25) is 14.2 Å². The first-order chi connectivity index (χ1) is 14.5. The maximum atomic E-state index is 13.1. The smallest absolute Gasteiger partial charge is 0.326 e. The van der Waals surface area contributed by atoms with Crippen LogP contribution in [0.25, 0.3) is 32.5 Å². The summed E-state index contributed by atoms with van der Waals surface area (Å²) >= 11 is 1.42. The maximum absolute atomic E-state index is 13.1. The first-order valence-electron chi connectivity index (χ1n) is 9.81. The molecule has 30 heavy (non-hydrogen) atoms. The molecule has 0 unspecified atom stereocenters. The molecule has 4 rings (SSSR count). The van der Waals surface area contributed by atoms with E-state index in [4.69, 9.17) is 4.74 Å². The van der Waals surface area contributed by atoms with Gasteiger partial charge in [0.05, 0.1) is 18.3 Å². The number of esters is 1. The van der Waals surface area contributed by atoms with Gasteiger partial charge in [0, 0.05) is 10.9 Å². The lowest BCUT2D eigenvalue weighted by Gasteiger charge is -2.09. The molecule has 2 aromatic carbocycles. The van der Waals surface area contributed by atoms with Crippen molar-refractivity contribution < 1.29 is 9.53 Å². The van der Waals surface area contributed by atoms with Gasteiger partial charge in [-0.25, -0.2) is 4.98 Å². The van der Waals surface area contributed by atoms with Gasteiger partial charge in [-0.2, -0.15) is 0 Å². The number of hydrogen-bond donors (Lipinski definition) is 0. The number of nitrogens with zero attached hydrogens (tertiary/aromatic N) is 2. The Balaban J connectivity index is 1.65. The Labute approximate surface area is 178 Å². The summed E-state index contributed by atoms with van der Waals surface area (Å²) in [5, 5.41) is 2.48. The number of aromatic nitrogens is 2. The minimum absolute atomic E-state index is 0.142. The Morgan fingerprint density at radius 1 is 1.03 bits per heavy atom. The van der Waals surface area contributed by atoms with Crippen molar-refractivity contribution in [2.75, 3.05) is 6.61 Å². The zero-order valence-corrected chi connectivity index (χ0v) is 17.7. The van der Waals surface area contributed by atoms with Gasteiger partial charge in [-0.1, -0.05) is 68.4 Å². The number of carbonyl (C=O) groups is 1. The summed E-state index contributed by atoms with van der Waals surface area (Å²) in [6, 6.07) is 18.3. The number of thiophene rings is 1.